The van der Waals surface area contributed by atoms with Crippen LogP contribution in [-0.4, -0.2) is 55.2 Å². The molecule has 1 aliphatic heterocycles. The van der Waals surface area contributed by atoms with Crippen LogP contribution in [0.5, 0.6) is 5.75 Å². The molecule has 2 unspecified atom stereocenters. The number of pyridine rings is 1. The van der Waals surface area contributed by atoms with Crippen LogP contribution in [0.2, 0.25) is 0 Å². The Balaban J connectivity index is 1.20. The molecule has 4 aromatic rings. The number of rotatable bonds is 6. The Labute approximate surface area is 228 Å². The smallest absolute Gasteiger partial charge is 0.387 e. The molecule has 0 radical (unpaired) electrons. The highest BCUT2D eigenvalue weighted by atomic mass is 19.3. The third-order valence-electron chi connectivity index (χ3n) is 8.67. The first-order chi connectivity index (χ1) is 19.4. The predicted molar refractivity (Wildman–Crippen MR) is 140 cm³/mol. The standard InChI is InChI=1S/C29H27F2N5O4/c30-28(31)40-22-4-2-1-3-19(22)20-9-21(37)25-26(20)36-14-15(7-8-23(36)34-25)18-10-32-29(33-11-18)35-12-16-5-6-17(13-35)24(16)27(38)39/h1-4,7-8,10-11,14,16-17,20-21,24,28,37H,5-6,9,12-13H2,(H,38,39)/t16-,17?,20+,21+,24?/m1/s1. The van der Waals surface area contributed by atoms with E-state index in [0.29, 0.717) is 42.4 Å². The summed E-state index contributed by atoms with van der Waals surface area (Å²) in [6.45, 7) is -1.68. The van der Waals surface area contributed by atoms with Crippen LogP contribution in [0.25, 0.3) is 16.8 Å². The topological polar surface area (TPSA) is 113 Å². The van der Waals surface area contributed by atoms with Gasteiger partial charge in [0.05, 0.1) is 23.4 Å². The largest absolute Gasteiger partial charge is 0.481 e. The Kier molecular flexibility index (Phi) is 5.92. The average Bonchev–Trinajstić information content (AvgIpc) is 3.57. The molecule has 3 aliphatic rings. The first-order valence-electron chi connectivity index (χ1n) is 13.4. The monoisotopic (exact) mass is 547 g/mol. The van der Waals surface area contributed by atoms with Gasteiger partial charge >= 0.3 is 12.6 Å². The minimum absolute atomic E-state index is 0.0819. The number of benzene rings is 1. The molecule has 1 saturated carbocycles. The number of carbonyl (C=O) groups is 1. The Morgan fingerprint density at radius 1 is 1.02 bits per heavy atom. The van der Waals surface area contributed by atoms with Crippen LogP contribution in [0, 0.1) is 17.8 Å². The van der Waals surface area contributed by atoms with Crippen molar-refractivity contribution in [3.05, 3.63) is 71.9 Å². The van der Waals surface area contributed by atoms with Crippen molar-refractivity contribution in [2.75, 3.05) is 18.0 Å². The number of fused-ring (bicyclic) bond motifs is 5. The second-order valence-corrected chi connectivity index (χ2v) is 10.9. The third-order valence-corrected chi connectivity index (χ3v) is 8.67. The van der Waals surface area contributed by atoms with Crippen molar-refractivity contribution in [3.63, 3.8) is 0 Å². The van der Waals surface area contributed by atoms with Gasteiger partial charge in [0.25, 0.3) is 0 Å². The summed E-state index contributed by atoms with van der Waals surface area (Å²) < 4.78 is 32.9. The molecule has 9 nitrogen and oxygen atoms in total. The van der Waals surface area contributed by atoms with Crippen molar-refractivity contribution in [1.29, 1.82) is 0 Å². The van der Waals surface area contributed by atoms with Crippen molar-refractivity contribution in [2.24, 2.45) is 17.8 Å². The second-order valence-electron chi connectivity index (χ2n) is 10.9. The summed E-state index contributed by atoms with van der Waals surface area (Å²) in [7, 11) is 0. The van der Waals surface area contributed by atoms with Crippen LogP contribution in [0.15, 0.2) is 55.0 Å². The number of aromatic nitrogens is 4. The number of aliphatic hydroxyl groups excluding tert-OH is 1. The first-order valence-corrected chi connectivity index (χ1v) is 13.4. The summed E-state index contributed by atoms with van der Waals surface area (Å²) in [6, 6.07) is 10.4. The highest BCUT2D eigenvalue weighted by molar-refractivity contribution is 5.72. The number of hydrogen-bond acceptors (Lipinski definition) is 7. The summed E-state index contributed by atoms with van der Waals surface area (Å²) in [6.07, 6.45) is 6.73. The summed E-state index contributed by atoms with van der Waals surface area (Å²) in [5, 5.41) is 20.4. The van der Waals surface area contributed by atoms with Crippen LogP contribution in [0.4, 0.5) is 14.7 Å². The molecule has 7 rings (SSSR count). The van der Waals surface area contributed by atoms with Crippen molar-refractivity contribution in [1.82, 2.24) is 19.4 Å². The van der Waals surface area contributed by atoms with Crippen molar-refractivity contribution >= 4 is 17.6 Å². The van der Waals surface area contributed by atoms with Gasteiger partial charge in [-0.2, -0.15) is 8.78 Å². The normalized spacial score (nSPS) is 25.5. The number of aliphatic carboxylic acids is 1. The van der Waals surface area contributed by atoms with E-state index >= 15 is 0 Å². The number of anilines is 1. The summed E-state index contributed by atoms with van der Waals surface area (Å²) in [4.78, 5) is 27.6. The van der Waals surface area contributed by atoms with Gasteiger partial charge < -0.3 is 24.3 Å². The van der Waals surface area contributed by atoms with Gasteiger partial charge in [0, 0.05) is 54.3 Å². The molecule has 0 spiro atoms. The Hall–Kier alpha value is -4.12. The Morgan fingerprint density at radius 2 is 1.75 bits per heavy atom. The van der Waals surface area contributed by atoms with E-state index in [1.165, 1.54) is 6.07 Å². The van der Waals surface area contributed by atoms with Gasteiger partial charge in [0.2, 0.25) is 5.95 Å². The van der Waals surface area contributed by atoms with E-state index in [1.54, 1.807) is 30.6 Å². The van der Waals surface area contributed by atoms with E-state index in [0.717, 1.165) is 29.7 Å². The SMILES string of the molecule is O=C(O)C1C2CC[C@@H]1CN(c1ncc(-c3ccc4nc5c(n4c3)[C@H](c3ccccc3OC(F)F)C[C@@H]5O)cn1)C2. The molecule has 4 heterocycles. The number of carboxylic acid groups (broad SMARTS) is 1. The van der Waals surface area contributed by atoms with Crippen molar-refractivity contribution in [2.45, 2.75) is 37.9 Å². The number of nitrogens with zero attached hydrogens (tertiary/aromatic N) is 5. The number of halogens is 2. The van der Waals surface area contributed by atoms with E-state index in [4.69, 9.17) is 4.74 Å². The predicted octanol–water partition coefficient (Wildman–Crippen LogP) is 4.51. The summed E-state index contributed by atoms with van der Waals surface area (Å²) in [5.74, 6) is -0.464. The van der Waals surface area contributed by atoms with Crippen LogP contribution >= 0.6 is 0 Å². The number of aliphatic hydroxyl groups is 1. The van der Waals surface area contributed by atoms with E-state index in [1.807, 2.05) is 22.7 Å². The zero-order valence-electron chi connectivity index (χ0n) is 21.4. The van der Waals surface area contributed by atoms with Crippen molar-refractivity contribution < 1.29 is 28.5 Å². The molecule has 1 saturated heterocycles. The Bertz CT molecular complexity index is 1580. The lowest BCUT2D eigenvalue weighted by atomic mass is 9.85. The number of imidazole rings is 1. The molecule has 0 amide bonds. The maximum Gasteiger partial charge on any atom is 0.387 e. The zero-order valence-corrected chi connectivity index (χ0v) is 21.4. The van der Waals surface area contributed by atoms with Gasteiger partial charge in [0.15, 0.2) is 0 Å². The van der Waals surface area contributed by atoms with Gasteiger partial charge in [-0.25, -0.2) is 15.0 Å². The molecule has 2 aliphatic carbocycles. The second kappa shape index (κ2) is 9.51. The molecule has 5 atom stereocenters. The molecule has 2 N–H and O–H groups in total. The first kappa shape index (κ1) is 24.9. The molecule has 11 heteroatoms. The fourth-order valence-corrected chi connectivity index (χ4v) is 6.96. The Morgan fingerprint density at radius 3 is 2.45 bits per heavy atom. The molecular weight excluding hydrogens is 520 g/mol. The third kappa shape index (κ3) is 4.07. The highest BCUT2D eigenvalue weighted by Crippen LogP contribution is 2.47. The molecule has 40 heavy (non-hydrogen) atoms. The fourth-order valence-electron chi connectivity index (χ4n) is 6.96. The van der Waals surface area contributed by atoms with Crippen LogP contribution in [-0.2, 0) is 4.79 Å². The number of ether oxygens (including phenoxy) is 1. The van der Waals surface area contributed by atoms with E-state index < -0.39 is 18.7 Å². The van der Waals surface area contributed by atoms with Crippen LogP contribution < -0.4 is 9.64 Å². The van der Waals surface area contributed by atoms with E-state index in [9.17, 15) is 23.8 Å². The van der Waals surface area contributed by atoms with Crippen molar-refractivity contribution in [3.8, 4) is 16.9 Å². The number of piperidine rings is 1. The molecule has 3 aromatic heterocycles. The van der Waals surface area contributed by atoms with Gasteiger partial charge in [0.1, 0.15) is 11.4 Å². The van der Waals surface area contributed by atoms with Gasteiger partial charge in [-0.1, -0.05) is 18.2 Å². The highest BCUT2D eigenvalue weighted by Gasteiger charge is 2.46. The maximum absolute atomic E-state index is 13.1. The number of alkyl halides is 2. The van der Waals surface area contributed by atoms with Crippen LogP contribution in [0.1, 0.15) is 48.2 Å². The summed E-state index contributed by atoms with van der Waals surface area (Å²) in [5.41, 5.74) is 4.10. The molecule has 2 fully saturated rings. The molecule has 1 aromatic carbocycles. The number of carboxylic acids is 1. The van der Waals surface area contributed by atoms with Crippen LogP contribution in [0.3, 0.4) is 0 Å². The quantitative estimate of drug-likeness (QED) is 0.363. The van der Waals surface area contributed by atoms with Gasteiger partial charge in [-0.05, 0) is 49.3 Å². The van der Waals surface area contributed by atoms with E-state index in [-0.39, 0.29) is 29.4 Å². The average molecular weight is 548 g/mol. The lowest BCUT2D eigenvalue weighted by molar-refractivity contribution is -0.144. The lowest BCUT2D eigenvalue weighted by Crippen LogP contribution is -2.45. The van der Waals surface area contributed by atoms with Gasteiger partial charge in [-0.15, -0.1) is 0 Å². The zero-order chi connectivity index (χ0) is 27.5. The fraction of sp³-hybridized carbons (Fsp3) is 0.379. The minimum Gasteiger partial charge on any atom is -0.481 e. The molecular formula is C29H27F2N5O4. The number of hydrogen-bond donors (Lipinski definition) is 2. The van der Waals surface area contributed by atoms with Gasteiger partial charge in [-0.3, -0.25) is 4.79 Å². The molecule has 2 bridgehead atoms. The lowest BCUT2D eigenvalue weighted by Gasteiger charge is -2.35. The summed E-state index contributed by atoms with van der Waals surface area (Å²) >= 11 is 0. The number of para-hydroxylation sites is 1. The van der Waals surface area contributed by atoms with E-state index in [2.05, 4.69) is 19.9 Å². The maximum atomic E-state index is 13.1. The minimum atomic E-state index is -2.96. The molecule has 206 valence electrons.